The Morgan fingerprint density at radius 1 is 1.60 bits per heavy atom. The fraction of sp³-hybridized carbons (Fsp3) is 0.333. The van der Waals surface area contributed by atoms with Gasteiger partial charge in [-0.3, -0.25) is 0 Å². The summed E-state index contributed by atoms with van der Waals surface area (Å²) in [5.74, 6) is -2.37. The second-order valence-electron chi connectivity index (χ2n) is 2.58. The average Bonchev–Trinajstić information content (AvgIpc) is 2.17. The quantitative estimate of drug-likeness (QED) is 0.732. The van der Waals surface area contributed by atoms with Gasteiger partial charge in [0.25, 0.3) is 6.43 Å². The third-order valence-electron chi connectivity index (χ3n) is 1.62. The highest BCUT2D eigenvalue weighted by Crippen LogP contribution is 2.22. The number of rotatable bonds is 3. The second-order valence-corrected chi connectivity index (χ2v) is 2.58. The number of pyridine rings is 1. The number of aromatic nitrogens is 1. The van der Waals surface area contributed by atoms with Crippen molar-refractivity contribution >= 4 is 5.97 Å². The van der Waals surface area contributed by atoms with E-state index >= 15 is 0 Å². The number of carbonyl (C=O) groups is 1. The van der Waals surface area contributed by atoms with Gasteiger partial charge in [-0.15, -0.1) is 0 Å². The molecule has 1 aromatic rings. The molecule has 1 heterocycles. The van der Waals surface area contributed by atoms with Crippen molar-refractivity contribution in [1.29, 1.82) is 0 Å². The number of ether oxygens (including phenoxy) is 1. The monoisotopic (exact) mass is 219 g/mol. The van der Waals surface area contributed by atoms with Crippen LogP contribution in [0.4, 0.5) is 13.2 Å². The predicted octanol–water partition coefficient (Wildman–Crippen LogP) is 2.33. The molecule has 0 unspecified atom stereocenters. The zero-order chi connectivity index (χ0) is 11.4. The van der Waals surface area contributed by atoms with E-state index in [0.717, 1.165) is 12.3 Å². The van der Waals surface area contributed by atoms with Gasteiger partial charge in [0.2, 0.25) is 0 Å². The van der Waals surface area contributed by atoms with E-state index in [1.165, 1.54) is 6.92 Å². The Bertz CT molecular complexity index is 368. The maximum atomic E-state index is 13.3. The predicted molar refractivity (Wildman–Crippen MR) is 45.1 cm³/mol. The summed E-state index contributed by atoms with van der Waals surface area (Å²) in [7, 11) is 0. The van der Waals surface area contributed by atoms with Crippen LogP contribution in [0.3, 0.4) is 0 Å². The van der Waals surface area contributed by atoms with Crippen molar-refractivity contribution in [3.05, 3.63) is 29.3 Å². The van der Waals surface area contributed by atoms with E-state index in [1.807, 2.05) is 0 Å². The molecule has 82 valence electrons. The third-order valence-corrected chi connectivity index (χ3v) is 1.62. The Hall–Kier alpha value is -1.59. The maximum absolute atomic E-state index is 13.3. The number of halogens is 3. The Morgan fingerprint density at radius 2 is 2.27 bits per heavy atom. The number of carbonyl (C=O) groups excluding carboxylic acids is 1. The molecule has 0 aliphatic heterocycles. The van der Waals surface area contributed by atoms with E-state index in [1.54, 1.807) is 0 Å². The van der Waals surface area contributed by atoms with E-state index in [0.29, 0.717) is 0 Å². The molecule has 3 nitrogen and oxygen atoms in total. The summed E-state index contributed by atoms with van der Waals surface area (Å²) >= 11 is 0. The Morgan fingerprint density at radius 3 is 2.80 bits per heavy atom. The van der Waals surface area contributed by atoms with E-state index < -0.39 is 29.5 Å². The molecule has 0 saturated heterocycles. The SMILES string of the molecule is CCOC(=O)c1nccc(C(F)F)c1F. The first-order chi connectivity index (χ1) is 7.07. The fourth-order valence-corrected chi connectivity index (χ4v) is 0.969. The number of esters is 1. The van der Waals surface area contributed by atoms with Gasteiger partial charge in [-0.05, 0) is 13.0 Å². The van der Waals surface area contributed by atoms with Crippen molar-refractivity contribution in [1.82, 2.24) is 4.98 Å². The molecule has 0 amide bonds. The molecule has 0 saturated carbocycles. The second kappa shape index (κ2) is 4.77. The molecular weight excluding hydrogens is 211 g/mol. The summed E-state index contributed by atoms with van der Waals surface area (Å²) in [4.78, 5) is 14.4. The first-order valence-electron chi connectivity index (χ1n) is 4.17. The first kappa shape index (κ1) is 11.5. The van der Waals surface area contributed by atoms with Crippen LogP contribution in [0.2, 0.25) is 0 Å². The highest BCUT2D eigenvalue weighted by molar-refractivity contribution is 5.87. The van der Waals surface area contributed by atoms with Gasteiger partial charge in [-0.25, -0.2) is 22.9 Å². The highest BCUT2D eigenvalue weighted by atomic mass is 19.3. The van der Waals surface area contributed by atoms with Crippen LogP contribution in [0, 0.1) is 5.82 Å². The van der Waals surface area contributed by atoms with Crippen molar-refractivity contribution in [3.8, 4) is 0 Å². The fourth-order valence-electron chi connectivity index (χ4n) is 0.969. The van der Waals surface area contributed by atoms with E-state index in [4.69, 9.17) is 0 Å². The third kappa shape index (κ3) is 2.45. The zero-order valence-corrected chi connectivity index (χ0v) is 7.84. The van der Waals surface area contributed by atoms with Gasteiger partial charge in [0.05, 0.1) is 12.2 Å². The maximum Gasteiger partial charge on any atom is 0.360 e. The lowest BCUT2D eigenvalue weighted by atomic mass is 10.2. The lowest BCUT2D eigenvalue weighted by molar-refractivity contribution is 0.0512. The van der Waals surface area contributed by atoms with Crippen LogP contribution in [-0.4, -0.2) is 17.6 Å². The lowest BCUT2D eigenvalue weighted by Gasteiger charge is -2.05. The molecule has 15 heavy (non-hydrogen) atoms. The summed E-state index contributed by atoms with van der Waals surface area (Å²) in [6, 6.07) is 0.822. The number of nitrogens with zero attached hydrogens (tertiary/aromatic N) is 1. The molecule has 1 aromatic heterocycles. The largest absolute Gasteiger partial charge is 0.461 e. The van der Waals surface area contributed by atoms with Gasteiger partial charge in [0.15, 0.2) is 11.5 Å². The molecule has 0 aliphatic rings. The molecule has 0 atom stereocenters. The lowest BCUT2D eigenvalue weighted by Crippen LogP contribution is -2.11. The number of hydrogen-bond donors (Lipinski definition) is 0. The Balaban J connectivity index is 3.09. The van der Waals surface area contributed by atoms with Gasteiger partial charge in [-0.2, -0.15) is 0 Å². The standard InChI is InChI=1S/C9H8F3NO2/c1-2-15-9(14)7-6(10)5(8(11)12)3-4-13-7/h3-4,8H,2H2,1H3. The summed E-state index contributed by atoms with van der Waals surface area (Å²) in [6.45, 7) is 1.55. The molecule has 0 bridgehead atoms. The van der Waals surface area contributed by atoms with Crippen molar-refractivity contribution in [2.45, 2.75) is 13.3 Å². The van der Waals surface area contributed by atoms with E-state index in [-0.39, 0.29) is 6.61 Å². The minimum atomic E-state index is -2.99. The van der Waals surface area contributed by atoms with Crippen LogP contribution in [0.25, 0.3) is 0 Å². The smallest absolute Gasteiger partial charge is 0.360 e. The average molecular weight is 219 g/mol. The Labute approximate surface area is 83.9 Å². The van der Waals surface area contributed by atoms with Crippen molar-refractivity contribution in [3.63, 3.8) is 0 Å². The topological polar surface area (TPSA) is 39.2 Å². The summed E-state index contributed by atoms with van der Waals surface area (Å²) in [6.07, 6.45) is -2.04. The van der Waals surface area contributed by atoms with Gasteiger partial charge in [0, 0.05) is 6.20 Å². The van der Waals surface area contributed by atoms with Gasteiger partial charge in [-0.1, -0.05) is 0 Å². The zero-order valence-electron chi connectivity index (χ0n) is 7.84. The summed E-state index contributed by atoms with van der Waals surface area (Å²) in [5.41, 5.74) is -1.57. The van der Waals surface area contributed by atoms with Gasteiger partial charge < -0.3 is 4.74 Å². The van der Waals surface area contributed by atoms with Crippen LogP contribution in [0.1, 0.15) is 29.4 Å². The van der Waals surface area contributed by atoms with E-state index in [9.17, 15) is 18.0 Å². The highest BCUT2D eigenvalue weighted by Gasteiger charge is 2.22. The van der Waals surface area contributed by atoms with Crippen molar-refractivity contribution in [2.75, 3.05) is 6.61 Å². The van der Waals surface area contributed by atoms with Crippen LogP contribution in [0.15, 0.2) is 12.3 Å². The summed E-state index contributed by atoms with van der Waals surface area (Å²) in [5, 5.41) is 0. The molecule has 0 aromatic carbocycles. The minimum absolute atomic E-state index is 0.0266. The molecule has 1 rings (SSSR count). The molecule has 0 fully saturated rings. The molecule has 0 N–H and O–H groups in total. The van der Waals surface area contributed by atoms with Crippen LogP contribution >= 0.6 is 0 Å². The number of hydrogen-bond acceptors (Lipinski definition) is 3. The van der Waals surface area contributed by atoms with Crippen LogP contribution in [0.5, 0.6) is 0 Å². The van der Waals surface area contributed by atoms with E-state index in [2.05, 4.69) is 9.72 Å². The van der Waals surface area contributed by atoms with Gasteiger partial charge in [0.1, 0.15) is 0 Å². The Kier molecular flexibility index (Phi) is 3.65. The molecule has 0 spiro atoms. The van der Waals surface area contributed by atoms with Crippen molar-refractivity contribution < 1.29 is 22.7 Å². The van der Waals surface area contributed by atoms with Crippen LogP contribution < -0.4 is 0 Å². The van der Waals surface area contributed by atoms with Crippen molar-refractivity contribution in [2.24, 2.45) is 0 Å². The normalized spacial score (nSPS) is 10.5. The first-order valence-corrected chi connectivity index (χ1v) is 4.17. The van der Waals surface area contributed by atoms with Crippen LogP contribution in [-0.2, 0) is 4.74 Å². The molecule has 0 aliphatic carbocycles. The molecular formula is C9H8F3NO2. The minimum Gasteiger partial charge on any atom is -0.461 e. The molecule has 0 radical (unpaired) electrons. The molecule has 6 heteroatoms. The summed E-state index contributed by atoms with van der Waals surface area (Å²) < 4.78 is 42.2. The van der Waals surface area contributed by atoms with Gasteiger partial charge >= 0.3 is 5.97 Å². The number of alkyl halides is 2.